The average molecular weight is 276 g/mol. The fourth-order valence-corrected chi connectivity index (χ4v) is 2.12. The number of ether oxygens (including phenoxy) is 1. The van der Waals surface area contributed by atoms with Gasteiger partial charge in [-0.15, -0.1) is 22.9 Å². The zero-order valence-electron chi connectivity index (χ0n) is 9.86. The van der Waals surface area contributed by atoms with Gasteiger partial charge in [0.1, 0.15) is 16.3 Å². The molecule has 6 heteroatoms. The van der Waals surface area contributed by atoms with Gasteiger partial charge in [-0.05, 0) is 20.8 Å². The molecule has 0 fully saturated rings. The number of carbonyl (C=O) groups is 1. The number of allylic oxidation sites excluding steroid dienone is 1. The Hall–Kier alpha value is -1.07. The number of nitrogens with zero attached hydrogens (tertiary/aromatic N) is 1. The van der Waals surface area contributed by atoms with Crippen LogP contribution in [0.15, 0.2) is 11.1 Å². The molecule has 0 aliphatic carbocycles. The molecule has 17 heavy (non-hydrogen) atoms. The first-order chi connectivity index (χ1) is 7.97. The van der Waals surface area contributed by atoms with Gasteiger partial charge in [-0.1, -0.05) is 0 Å². The maximum absolute atomic E-state index is 11.8. The lowest BCUT2D eigenvalue weighted by molar-refractivity contribution is -0.136. The van der Waals surface area contributed by atoms with Crippen molar-refractivity contribution < 1.29 is 14.6 Å². The lowest BCUT2D eigenvalue weighted by Gasteiger charge is -2.09. The molecular formula is C11H14ClNO3S. The van der Waals surface area contributed by atoms with Gasteiger partial charge in [0, 0.05) is 11.1 Å². The Morgan fingerprint density at radius 3 is 2.76 bits per heavy atom. The van der Waals surface area contributed by atoms with Crippen molar-refractivity contribution in [2.24, 2.45) is 0 Å². The number of halogens is 1. The van der Waals surface area contributed by atoms with Gasteiger partial charge in [-0.3, -0.25) is 0 Å². The lowest BCUT2D eigenvalue weighted by Crippen LogP contribution is -2.12. The van der Waals surface area contributed by atoms with Crippen LogP contribution in [-0.4, -0.2) is 28.0 Å². The summed E-state index contributed by atoms with van der Waals surface area (Å²) in [6.07, 6.45) is 0. The SMILES string of the molecule is CCOC(=O)/C(=C(\O)[C@H](C)Cl)c1nc(C)cs1. The summed E-state index contributed by atoms with van der Waals surface area (Å²) in [6, 6.07) is 0. The van der Waals surface area contributed by atoms with Crippen LogP contribution in [0.4, 0.5) is 0 Å². The van der Waals surface area contributed by atoms with Crippen molar-refractivity contribution in [1.82, 2.24) is 4.98 Å². The molecule has 1 atom stereocenters. The molecular weight excluding hydrogens is 262 g/mol. The maximum Gasteiger partial charge on any atom is 0.344 e. The molecule has 1 heterocycles. The quantitative estimate of drug-likeness (QED) is 0.397. The lowest BCUT2D eigenvalue weighted by atomic mass is 10.2. The minimum atomic E-state index is -0.668. The second-order valence-corrected chi connectivity index (χ2v) is 4.90. The summed E-state index contributed by atoms with van der Waals surface area (Å²) in [5.74, 6) is -0.814. The smallest absolute Gasteiger partial charge is 0.344 e. The van der Waals surface area contributed by atoms with Crippen LogP contribution < -0.4 is 0 Å². The highest BCUT2D eigenvalue weighted by atomic mass is 35.5. The molecule has 0 radical (unpaired) electrons. The molecule has 0 aromatic carbocycles. The molecule has 0 aliphatic rings. The monoisotopic (exact) mass is 275 g/mol. The normalized spacial score (nSPS) is 14.1. The van der Waals surface area contributed by atoms with Gasteiger partial charge in [-0.2, -0.15) is 0 Å². The van der Waals surface area contributed by atoms with E-state index in [0.29, 0.717) is 5.01 Å². The summed E-state index contributed by atoms with van der Waals surface area (Å²) in [6.45, 7) is 5.32. The van der Waals surface area contributed by atoms with Crippen LogP contribution in [0.2, 0.25) is 0 Å². The standard InChI is InChI=1S/C11H14ClNO3S/c1-4-16-11(15)8(9(14)7(3)12)10-13-6(2)5-17-10/h5,7,14H,4H2,1-3H3/b9-8-/t7-/m0/s1. The van der Waals surface area contributed by atoms with Crippen molar-refractivity contribution in [1.29, 1.82) is 0 Å². The molecule has 0 amide bonds. The van der Waals surface area contributed by atoms with Crippen LogP contribution in [0, 0.1) is 6.92 Å². The number of hydrogen-bond donors (Lipinski definition) is 1. The van der Waals surface area contributed by atoms with Crippen LogP contribution in [0.1, 0.15) is 24.5 Å². The van der Waals surface area contributed by atoms with E-state index in [0.717, 1.165) is 5.69 Å². The molecule has 1 aromatic rings. The molecule has 0 saturated carbocycles. The minimum Gasteiger partial charge on any atom is -0.510 e. The number of hydrogen-bond acceptors (Lipinski definition) is 5. The summed E-state index contributed by atoms with van der Waals surface area (Å²) in [5, 5.41) is 11.4. The van der Waals surface area contributed by atoms with Gasteiger partial charge in [0.15, 0.2) is 0 Å². The first kappa shape index (κ1) is 14.0. The molecule has 0 bridgehead atoms. The topological polar surface area (TPSA) is 59.4 Å². The van der Waals surface area contributed by atoms with E-state index in [1.54, 1.807) is 19.2 Å². The molecule has 0 spiro atoms. The van der Waals surface area contributed by atoms with Crippen molar-refractivity contribution in [3.05, 3.63) is 21.8 Å². The molecule has 1 rings (SSSR count). The number of aromatic nitrogens is 1. The number of alkyl halides is 1. The number of thiazole rings is 1. The van der Waals surface area contributed by atoms with Crippen LogP contribution in [-0.2, 0) is 9.53 Å². The molecule has 1 N–H and O–H groups in total. The third kappa shape index (κ3) is 3.44. The zero-order chi connectivity index (χ0) is 13.0. The summed E-state index contributed by atoms with van der Waals surface area (Å²) in [7, 11) is 0. The van der Waals surface area contributed by atoms with Crippen molar-refractivity contribution in [2.75, 3.05) is 6.61 Å². The van der Waals surface area contributed by atoms with Gasteiger partial charge in [0.2, 0.25) is 0 Å². The largest absolute Gasteiger partial charge is 0.510 e. The van der Waals surface area contributed by atoms with E-state index in [-0.39, 0.29) is 17.9 Å². The number of aliphatic hydroxyl groups is 1. The van der Waals surface area contributed by atoms with E-state index in [1.807, 2.05) is 6.92 Å². The van der Waals surface area contributed by atoms with Crippen LogP contribution >= 0.6 is 22.9 Å². The zero-order valence-corrected chi connectivity index (χ0v) is 11.4. The third-order valence-electron chi connectivity index (χ3n) is 1.95. The Kier molecular flexibility index (Phi) is 4.96. The van der Waals surface area contributed by atoms with Crippen molar-refractivity contribution in [3.8, 4) is 0 Å². The maximum atomic E-state index is 11.8. The second-order valence-electron chi connectivity index (χ2n) is 3.39. The van der Waals surface area contributed by atoms with Crippen LogP contribution in [0.5, 0.6) is 0 Å². The Morgan fingerprint density at radius 2 is 2.35 bits per heavy atom. The molecule has 0 aliphatic heterocycles. The predicted molar refractivity (Wildman–Crippen MR) is 68.3 cm³/mol. The number of aryl methyl sites for hydroxylation is 1. The van der Waals surface area contributed by atoms with Crippen molar-refractivity contribution >= 4 is 34.5 Å². The number of rotatable bonds is 4. The van der Waals surface area contributed by atoms with Crippen molar-refractivity contribution in [2.45, 2.75) is 26.1 Å². The Morgan fingerprint density at radius 1 is 1.71 bits per heavy atom. The van der Waals surface area contributed by atoms with E-state index in [9.17, 15) is 9.90 Å². The third-order valence-corrected chi connectivity index (χ3v) is 3.13. The first-order valence-corrected chi connectivity index (χ1v) is 6.45. The van der Waals surface area contributed by atoms with Crippen LogP contribution in [0.25, 0.3) is 5.57 Å². The van der Waals surface area contributed by atoms with Crippen molar-refractivity contribution in [3.63, 3.8) is 0 Å². The number of aliphatic hydroxyl groups excluding tert-OH is 1. The fraction of sp³-hybridized carbons (Fsp3) is 0.455. The van der Waals surface area contributed by atoms with Gasteiger partial charge in [0.05, 0.1) is 12.0 Å². The first-order valence-electron chi connectivity index (χ1n) is 5.14. The van der Waals surface area contributed by atoms with Gasteiger partial charge in [-0.25, -0.2) is 9.78 Å². The Bertz CT molecular complexity index is 440. The summed E-state index contributed by atoms with van der Waals surface area (Å²) in [4.78, 5) is 15.9. The fourth-order valence-electron chi connectivity index (χ4n) is 1.17. The molecule has 1 aromatic heterocycles. The van der Waals surface area contributed by atoms with Crippen LogP contribution in [0.3, 0.4) is 0 Å². The molecule has 94 valence electrons. The summed E-state index contributed by atoms with van der Waals surface area (Å²) in [5.41, 5.74) is 0.828. The van der Waals surface area contributed by atoms with E-state index < -0.39 is 11.3 Å². The summed E-state index contributed by atoms with van der Waals surface area (Å²) >= 11 is 7.05. The average Bonchev–Trinajstić information content (AvgIpc) is 2.65. The van der Waals surface area contributed by atoms with E-state index in [1.165, 1.54) is 11.3 Å². The highest BCUT2D eigenvalue weighted by Crippen LogP contribution is 2.26. The van der Waals surface area contributed by atoms with Gasteiger partial charge < -0.3 is 9.84 Å². The minimum absolute atomic E-state index is 0.0486. The Balaban J connectivity index is 3.21. The Labute approximate surface area is 109 Å². The molecule has 0 unspecified atom stereocenters. The summed E-state index contributed by atoms with van der Waals surface area (Å²) < 4.78 is 4.89. The number of carbonyl (C=O) groups excluding carboxylic acids is 1. The van der Waals surface area contributed by atoms with E-state index in [4.69, 9.17) is 16.3 Å². The predicted octanol–water partition coefficient (Wildman–Crippen LogP) is 2.91. The number of esters is 1. The van der Waals surface area contributed by atoms with Gasteiger partial charge in [0.25, 0.3) is 0 Å². The van der Waals surface area contributed by atoms with E-state index >= 15 is 0 Å². The van der Waals surface area contributed by atoms with Gasteiger partial charge >= 0.3 is 5.97 Å². The molecule has 4 nitrogen and oxygen atoms in total. The highest BCUT2D eigenvalue weighted by Gasteiger charge is 2.24. The highest BCUT2D eigenvalue weighted by molar-refractivity contribution is 7.11. The van der Waals surface area contributed by atoms with E-state index in [2.05, 4.69) is 4.98 Å². The second kappa shape index (κ2) is 6.02. The molecule has 0 saturated heterocycles.